The summed E-state index contributed by atoms with van der Waals surface area (Å²) in [7, 11) is 0. The van der Waals surface area contributed by atoms with Gasteiger partial charge in [0.1, 0.15) is 0 Å². The first kappa shape index (κ1) is 12.4. The number of aromatic amines is 1. The van der Waals surface area contributed by atoms with Gasteiger partial charge in [-0.1, -0.05) is 12.2 Å². The molecule has 1 aliphatic rings. The van der Waals surface area contributed by atoms with Crippen molar-refractivity contribution in [2.45, 2.75) is 12.5 Å². The van der Waals surface area contributed by atoms with Crippen molar-refractivity contribution in [3.63, 3.8) is 0 Å². The van der Waals surface area contributed by atoms with Gasteiger partial charge < -0.3 is 15.4 Å². The van der Waals surface area contributed by atoms with E-state index in [9.17, 15) is 9.59 Å². The number of carbonyl (C=O) groups excluding carboxylic acids is 1. The van der Waals surface area contributed by atoms with E-state index in [2.05, 4.69) is 15.3 Å². The highest BCUT2D eigenvalue weighted by molar-refractivity contribution is 5.97. The van der Waals surface area contributed by atoms with Gasteiger partial charge in [0, 0.05) is 11.6 Å². The Morgan fingerprint density at radius 3 is 2.95 bits per heavy atom. The molecule has 2 aromatic rings. The molecule has 3 N–H and O–H groups in total. The van der Waals surface area contributed by atoms with E-state index >= 15 is 0 Å². The number of amides is 1. The molecule has 3 rings (SSSR count). The number of hydrogen-bond donors (Lipinski definition) is 3. The molecule has 0 aliphatic heterocycles. The summed E-state index contributed by atoms with van der Waals surface area (Å²) in [5.74, 6) is -1.60. The van der Waals surface area contributed by atoms with Gasteiger partial charge in [0.2, 0.25) is 0 Å². The minimum atomic E-state index is -0.864. The highest BCUT2D eigenvalue weighted by Gasteiger charge is 2.25. The normalized spacial score (nSPS) is 21.2. The third-order valence-corrected chi connectivity index (χ3v) is 3.40. The van der Waals surface area contributed by atoms with Gasteiger partial charge >= 0.3 is 5.97 Å². The number of carbonyl (C=O) groups is 2. The second-order valence-corrected chi connectivity index (χ2v) is 4.78. The lowest BCUT2D eigenvalue weighted by molar-refractivity contribution is -0.140. The maximum atomic E-state index is 12.1. The molecule has 0 saturated carbocycles. The van der Waals surface area contributed by atoms with Gasteiger partial charge in [0.25, 0.3) is 5.91 Å². The van der Waals surface area contributed by atoms with Crippen molar-refractivity contribution in [2.75, 3.05) is 0 Å². The van der Waals surface area contributed by atoms with Gasteiger partial charge in [0.05, 0.1) is 23.3 Å². The van der Waals surface area contributed by atoms with Crippen molar-refractivity contribution < 1.29 is 14.7 Å². The second-order valence-electron chi connectivity index (χ2n) is 4.78. The monoisotopic (exact) mass is 271 g/mol. The molecule has 2 unspecified atom stereocenters. The zero-order chi connectivity index (χ0) is 14.1. The first-order chi connectivity index (χ1) is 9.63. The highest BCUT2D eigenvalue weighted by Crippen LogP contribution is 2.19. The largest absolute Gasteiger partial charge is 0.481 e. The van der Waals surface area contributed by atoms with Crippen LogP contribution in [0.3, 0.4) is 0 Å². The van der Waals surface area contributed by atoms with Crippen LogP contribution in [0.2, 0.25) is 0 Å². The van der Waals surface area contributed by atoms with Gasteiger partial charge in [-0.2, -0.15) is 0 Å². The van der Waals surface area contributed by atoms with Crippen LogP contribution in [0.1, 0.15) is 16.8 Å². The first-order valence-electron chi connectivity index (χ1n) is 6.28. The van der Waals surface area contributed by atoms with Gasteiger partial charge in [-0.25, -0.2) is 4.98 Å². The topological polar surface area (TPSA) is 95.1 Å². The molecule has 0 saturated heterocycles. The van der Waals surface area contributed by atoms with Gasteiger partial charge in [-0.15, -0.1) is 0 Å². The molecule has 0 radical (unpaired) electrons. The summed E-state index contributed by atoms with van der Waals surface area (Å²) in [5, 5.41) is 11.7. The predicted octanol–water partition coefficient (Wildman–Crippen LogP) is 1.32. The van der Waals surface area contributed by atoms with Crippen LogP contribution in [0.15, 0.2) is 36.7 Å². The number of nitrogens with zero attached hydrogens (tertiary/aromatic N) is 1. The van der Waals surface area contributed by atoms with Crippen LogP contribution in [-0.2, 0) is 4.79 Å². The van der Waals surface area contributed by atoms with E-state index in [0.717, 1.165) is 11.0 Å². The molecule has 6 nitrogen and oxygen atoms in total. The fourth-order valence-electron chi connectivity index (χ4n) is 2.32. The third-order valence-electron chi connectivity index (χ3n) is 3.40. The summed E-state index contributed by atoms with van der Waals surface area (Å²) in [6, 6.07) is 4.96. The molecular formula is C14H13N3O3. The maximum Gasteiger partial charge on any atom is 0.310 e. The Hall–Kier alpha value is -2.63. The van der Waals surface area contributed by atoms with E-state index in [1.807, 2.05) is 0 Å². The van der Waals surface area contributed by atoms with Crippen molar-refractivity contribution in [1.29, 1.82) is 0 Å². The van der Waals surface area contributed by atoms with Crippen LogP contribution in [0, 0.1) is 5.92 Å². The maximum absolute atomic E-state index is 12.1. The van der Waals surface area contributed by atoms with Crippen LogP contribution in [0.4, 0.5) is 0 Å². The molecule has 1 aliphatic carbocycles. The van der Waals surface area contributed by atoms with E-state index in [1.165, 1.54) is 0 Å². The molecule has 6 heteroatoms. The van der Waals surface area contributed by atoms with E-state index in [0.29, 0.717) is 12.0 Å². The summed E-state index contributed by atoms with van der Waals surface area (Å²) in [5.41, 5.74) is 2.12. The van der Waals surface area contributed by atoms with Crippen molar-refractivity contribution in [3.05, 3.63) is 42.2 Å². The number of aromatic nitrogens is 2. The molecule has 1 amide bonds. The summed E-state index contributed by atoms with van der Waals surface area (Å²) in [6.45, 7) is 0. The van der Waals surface area contributed by atoms with Crippen molar-refractivity contribution in [3.8, 4) is 0 Å². The lowest BCUT2D eigenvalue weighted by atomic mass is 10.1. The summed E-state index contributed by atoms with van der Waals surface area (Å²) < 4.78 is 0. The number of imidazole rings is 1. The Bertz CT molecular complexity index is 705. The molecular weight excluding hydrogens is 258 g/mol. The Labute approximate surface area is 114 Å². The molecule has 1 aromatic carbocycles. The fraction of sp³-hybridized carbons (Fsp3) is 0.214. The first-order valence-corrected chi connectivity index (χ1v) is 6.28. The van der Waals surface area contributed by atoms with E-state index < -0.39 is 11.9 Å². The number of rotatable bonds is 3. The molecule has 0 bridgehead atoms. The smallest absolute Gasteiger partial charge is 0.310 e. The number of aliphatic carboxylic acids is 1. The number of hydrogen-bond acceptors (Lipinski definition) is 3. The number of carboxylic acids is 1. The quantitative estimate of drug-likeness (QED) is 0.734. The standard InChI is InChI=1S/C14H13N3O3/c18-13(17-10-3-1-9(5-10)14(19)20)8-2-4-11-12(6-8)16-7-15-11/h1-4,6-7,9-10H,5H2,(H,15,16)(H,17,18)(H,19,20). The second kappa shape index (κ2) is 4.80. The highest BCUT2D eigenvalue weighted by atomic mass is 16.4. The number of nitrogens with one attached hydrogen (secondary N) is 2. The zero-order valence-corrected chi connectivity index (χ0v) is 10.5. The summed E-state index contributed by atoms with van der Waals surface area (Å²) >= 11 is 0. The van der Waals surface area contributed by atoms with Gasteiger partial charge in [-0.3, -0.25) is 9.59 Å². The molecule has 0 spiro atoms. The number of carboxylic acid groups (broad SMARTS) is 1. The van der Waals surface area contributed by atoms with E-state index in [1.54, 1.807) is 36.7 Å². The van der Waals surface area contributed by atoms with Crippen LogP contribution >= 0.6 is 0 Å². The Balaban J connectivity index is 1.70. The van der Waals surface area contributed by atoms with Crippen LogP contribution < -0.4 is 5.32 Å². The minimum Gasteiger partial charge on any atom is -0.481 e. The van der Waals surface area contributed by atoms with Crippen LogP contribution in [-0.4, -0.2) is 33.0 Å². The Kier molecular flexibility index (Phi) is 2.98. The Morgan fingerprint density at radius 2 is 2.20 bits per heavy atom. The lowest BCUT2D eigenvalue weighted by Crippen LogP contribution is -2.33. The van der Waals surface area contributed by atoms with Crippen molar-refractivity contribution in [1.82, 2.24) is 15.3 Å². The minimum absolute atomic E-state index is 0.220. The van der Waals surface area contributed by atoms with E-state index in [-0.39, 0.29) is 11.9 Å². The lowest BCUT2D eigenvalue weighted by Gasteiger charge is -2.12. The molecule has 1 aromatic heterocycles. The molecule has 1 heterocycles. The predicted molar refractivity (Wildman–Crippen MR) is 72.2 cm³/mol. The molecule has 2 atom stereocenters. The van der Waals surface area contributed by atoms with Crippen molar-refractivity contribution in [2.24, 2.45) is 5.92 Å². The van der Waals surface area contributed by atoms with Crippen LogP contribution in [0.5, 0.6) is 0 Å². The summed E-state index contributed by atoms with van der Waals surface area (Å²) in [4.78, 5) is 30.0. The third kappa shape index (κ3) is 2.27. The summed E-state index contributed by atoms with van der Waals surface area (Å²) in [6.07, 6.45) is 5.31. The molecule has 102 valence electrons. The SMILES string of the molecule is O=C(NC1C=CC(C(=O)O)C1)c1ccc2nc[nH]c2c1. The van der Waals surface area contributed by atoms with Gasteiger partial charge in [-0.05, 0) is 24.6 Å². The number of fused-ring (bicyclic) bond motifs is 1. The fourth-order valence-corrected chi connectivity index (χ4v) is 2.32. The van der Waals surface area contributed by atoms with E-state index in [4.69, 9.17) is 5.11 Å². The Morgan fingerprint density at radius 1 is 1.35 bits per heavy atom. The number of benzene rings is 1. The average molecular weight is 271 g/mol. The van der Waals surface area contributed by atoms with Crippen LogP contribution in [0.25, 0.3) is 11.0 Å². The average Bonchev–Trinajstić information content (AvgIpc) is 3.05. The number of H-pyrrole nitrogens is 1. The molecule has 20 heavy (non-hydrogen) atoms. The van der Waals surface area contributed by atoms with Gasteiger partial charge in [0.15, 0.2) is 0 Å². The van der Waals surface area contributed by atoms with Crippen molar-refractivity contribution >= 4 is 22.9 Å². The molecule has 0 fully saturated rings. The zero-order valence-electron chi connectivity index (χ0n) is 10.5.